The van der Waals surface area contributed by atoms with Gasteiger partial charge in [0, 0.05) is 18.7 Å². The van der Waals surface area contributed by atoms with Crippen LogP contribution in [0.15, 0.2) is 23.4 Å². The highest BCUT2D eigenvalue weighted by Crippen LogP contribution is 2.31. The van der Waals surface area contributed by atoms with Gasteiger partial charge >= 0.3 is 0 Å². The van der Waals surface area contributed by atoms with Crippen LogP contribution in [0.1, 0.15) is 12.2 Å². The molecule has 0 aliphatic rings. The topological polar surface area (TPSA) is 114 Å². The second kappa shape index (κ2) is 6.61. The van der Waals surface area contributed by atoms with Crippen LogP contribution in [-0.2, 0) is 16.4 Å². The quantitative estimate of drug-likeness (QED) is 0.541. The summed E-state index contributed by atoms with van der Waals surface area (Å²) in [6.45, 7) is 0.222. The third kappa shape index (κ3) is 4.07. The van der Waals surface area contributed by atoms with Crippen molar-refractivity contribution in [3.05, 3.63) is 34.3 Å². The molecule has 0 amide bonds. The molecule has 0 aliphatic heterocycles. The lowest BCUT2D eigenvalue weighted by Gasteiger charge is -2.10. The van der Waals surface area contributed by atoms with E-state index in [1.807, 2.05) is 0 Å². The summed E-state index contributed by atoms with van der Waals surface area (Å²) >= 11 is 11.8. The minimum atomic E-state index is -3.80. The number of hydrogen-bond acceptors (Lipinski definition) is 5. The van der Waals surface area contributed by atoms with Gasteiger partial charge in [-0.1, -0.05) is 23.2 Å². The molecule has 0 spiro atoms. The number of sulfonamides is 1. The summed E-state index contributed by atoms with van der Waals surface area (Å²) in [6.07, 6.45) is 2.53. The number of aromatic nitrogens is 3. The lowest BCUT2D eigenvalue weighted by atomic mass is 10.3. The summed E-state index contributed by atoms with van der Waals surface area (Å²) in [4.78, 5) is 3.78. The second-order valence-corrected chi connectivity index (χ2v) is 6.77. The van der Waals surface area contributed by atoms with E-state index in [0.717, 1.165) is 0 Å². The Morgan fingerprint density at radius 1 is 1.29 bits per heavy atom. The van der Waals surface area contributed by atoms with E-state index >= 15 is 0 Å². The summed E-state index contributed by atoms with van der Waals surface area (Å²) in [5.41, 5.74) is 5.85. The van der Waals surface area contributed by atoms with E-state index in [4.69, 9.17) is 28.9 Å². The molecular formula is C11H13Cl2N5O2S. The summed E-state index contributed by atoms with van der Waals surface area (Å²) in [7, 11) is -3.80. The van der Waals surface area contributed by atoms with E-state index in [9.17, 15) is 8.42 Å². The first-order valence-corrected chi connectivity index (χ1v) is 8.22. The van der Waals surface area contributed by atoms with Gasteiger partial charge in [0.25, 0.3) is 0 Å². The number of halogens is 2. The Kier molecular flexibility index (Phi) is 5.04. The predicted octanol–water partition coefficient (Wildman–Crippen LogP) is 1.60. The Hall–Kier alpha value is -1.35. The third-order valence-corrected chi connectivity index (χ3v) is 5.02. The molecule has 21 heavy (non-hydrogen) atoms. The van der Waals surface area contributed by atoms with E-state index in [1.165, 1.54) is 18.5 Å². The van der Waals surface area contributed by atoms with Crippen LogP contribution in [-0.4, -0.2) is 30.1 Å². The van der Waals surface area contributed by atoms with Gasteiger partial charge in [-0.05, 0) is 18.6 Å². The Bertz CT molecular complexity index is 695. The smallest absolute Gasteiger partial charge is 0.243 e. The van der Waals surface area contributed by atoms with Gasteiger partial charge in [0.1, 0.15) is 17.0 Å². The van der Waals surface area contributed by atoms with Crippen LogP contribution < -0.4 is 10.5 Å². The molecule has 2 rings (SSSR count). The molecule has 10 heteroatoms. The minimum Gasteiger partial charge on any atom is -0.399 e. The van der Waals surface area contributed by atoms with Gasteiger partial charge in [0.15, 0.2) is 0 Å². The van der Waals surface area contributed by atoms with E-state index in [0.29, 0.717) is 24.4 Å². The first-order valence-electron chi connectivity index (χ1n) is 5.98. The Morgan fingerprint density at radius 2 is 1.95 bits per heavy atom. The zero-order valence-electron chi connectivity index (χ0n) is 10.8. The van der Waals surface area contributed by atoms with Crippen LogP contribution in [0.5, 0.6) is 0 Å². The van der Waals surface area contributed by atoms with Crippen molar-refractivity contribution in [2.24, 2.45) is 0 Å². The van der Waals surface area contributed by atoms with Crippen LogP contribution in [0.2, 0.25) is 10.0 Å². The van der Waals surface area contributed by atoms with Crippen LogP contribution >= 0.6 is 23.2 Å². The first kappa shape index (κ1) is 16.0. The molecule has 0 saturated carbocycles. The minimum absolute atomic E-state index is 0.0114. The van der Waals surface area contributed by atoms with Gasteiger partial charge in [-0.25, -0.2) is 18.1 Å². The fourth-order valence-corrected chi connectivity index (χ4v) is 4.02. The number of aromatic amines is 1. The lowest BCUT2D eigenvalue weighted by molar-refractivity contribution is 0.578. The van der Waals surface area contributed by atoms with Crippen LogP contribution in [0.25, 0.3) is 0 Å². The molecule has 1 aromatic heterocycles. The largest absolute Gasteiger partial charge is 0.399 e. The van der Waals surface area contributed by atoms with Gasteiger partial charge in [0.2, 0.25) is 10.0 Å². The van der Waals surface area contributed by atoms with Gasteiger partial charge in [-0.15, -0.1) is 0 Å². The van der Waals surface area contributed by atoms with Crippen molar-refractivity contribution in [3.8, 4) is 0 Å². The van der Waals surface area contributed by atoms with Crippen LogP contribution in [0.4, 0.5) is 5.69 Å². The molecule has 0 atom stereocenters. The lowest BCUT2D eigenvalue weighted by Crippen LogP contribution is -2.26. The van der Waals surface area contributed by atoms with Crippen molar-refractivity contribution in [1.29, 1.82) is 0 Å². The average Bonchev–Trinajstić information content (AvgIpc) is 2.86. The maximum absolute atomic E-state index is 12.2. The summed E-state index contributed by atoms with van der Waals surface area (Å²) in [5.74, 6) is 0.692. The SMILES string of the molecule is Nc1cc(Cl)c(S(=O)(=O)NCCCc2ncn[nH]2)c(Cl)c1. The molecule has 2 aromatic rings. The van der Waals surface area contributed by atoms with E-state index < -0.39 is 10.0 Å². The number of hydrogen-bond donors (Lipinski definition) is 3. The van der Waals surface area contributed by atoms with Gasteiger partial charge in [-0.2, -0.15) is 5.10 Å². The fraction of sp³-hybridized carbons (Fsp3) is 0.273. The van der Waals surface area contributed by atoms with E-state index in [2.05, 4.69) is 19.9 Å². The second-order valence-electron chi connectivity index (χ2n) is 4.25. The molecule has 114 valence electrons. The highest BCUT2D eigenvalue weighted by molar-refractivity contribution is 7.89. The number of nitrogens with one attached hydrogen (secondary N) is 2. The highest BCUT2D eigenvalue weighted by Gasteiger charge is 2.21. The number of benzene rings is 1. The molecule has 0 bridgehead atoms. The number of nitrogens with two attached hydrogens (primary N) is 1. The molecular weight excluding hydrogens is 337 g/mol. The Morgan fingerprint density at radius 3 is 2.52 bits per heavy atom. The van der Waals surface area contributed by atoms with E-state index in [1.54, 1.807) is 0 Å². The zero-order valence-corrected chi connectivity index (χ0v) is 13.1. The van der Waals surface area contributed by atoms with Crippen molar-refractivity contribution >= 4 is 38.9 Å². The van der Waals surface area contributed by atoms with Gasteiger partial charge in [-0.3, -0.25) is 5.10 Å². The van der Waals surface area contributed by atoms with Crippen LogP contribution in [0.3, 0.4) is 0 Å². The molecule has 1 heterocycles. The summed E-state index contributed by atoms with van der Waals surface area (Å²) < 4.78 is 26.8. The van der Waals surface area contributed by atoms with Gasteiger partial charge in [0.05, 0.1) is 10.0 Å². The number of nitrogen functional groups attached to an aromatic ring is 1. The average molecular weight is 350 g/mol. The Labute approximate surface area is 131 Å². The van der Waals surface area contributed by atoms with Crippen molar-refractivity contribution in [1.82, 2.24) is 19.9 Å². The van der Waals surface area contributed by atoms with Crippen LogP contribution in [0, 0.1) is 0 Å². The van der Waals surface area contributed by atoms with Crippen molar-refractivity contribution in [2.45, 2.75) is 17.7 Å². The fourth-order valence-electron chi connectivity index (χ4n) is 1.72. The highest BCUT2D eigenvalue weighted by atomic mass is 35.5. The van der Waals surface area contributed by atoms with Crippen molar-refractivity contribution in [2.75, 3.05) is 12.3 Å². The number of nitrogens with zero attached hydrogens (tertiary/aromatic N) is 2. The first-order chi connectivity index (χ1) is 9.90. The number of aryl methyl sites for hydroxylation is 1. The molecule has 1 aromatic carbocycles. The standard InChI is InChI=1S/C11H13Cl2N5O2S/c12-8-4-7(14)5-9(13)11(8)21(19,20)17-3-1-2-10-15-6-16-18-10/h4-6,17H,1-3,14H2,(H,15,16,18). The molecule has 7 nitrogen and oxygen atoms in total. The van der Waals surface area contributed by atoms with Crippen molar-refractivity contribution < 1.29 is 8.42 Å². The third-order valence-electron chi connectivity index (χ3n) is 2.64. The number of rotatable bonds is 6. The number of H-pyrrole nitrogens is 1. The summed E-state index contributed by atoms with van der Waals surface area (Å²) in [6, 6.07) is 2.69. The molecule has 0 radical (unpaired) electrons. The Balaban J connectivity index is 2.02. The normalized spacial score (nSPS) is 11.7. The predicted molar refractivity (Wildman–Crippen MR) is 80.8 cm³/mol. The molecule has 0 aliphatic carbocycles. The number of anilines is 1. The molecule has 0 saturated heterocycles. The van der Waals surface area contributed by atoms with Gasteiger partial charge < -0.3 is 5.73 Å². The summed E-state index contributed by atoms with van der Waals surface area (Å²) in [5, 5.41) is 6.38. The molecule has 0 fully saturated rings. The maximum atomic E-state index is 12.2. The van der Waals surface area contributed by atoms with E-state index in [-0.39, 0.29) is 21.5 Å². The maximum Gasteiger partial charge on any atom is 0.243 e. The molecule has 0 unspecified atom stereocenters. The molecule has 4 N–H and O–H groups in total. The van der Waals surface area contributed by atoms with Crippen molar-refractivity contribution in [3.63, 3.8) is 0 Å². The monoisotopic (exact) mass is 349 g/mol. The zero-order chi connectivity index (χ0) is 15.5.